The van der Waals surface area contributed by atoms with Crippen LogP contribution in [0.25, 0.3) is 0 Å². The molecule has 0 unspecified atom stereocenters. The van der Waals surface area contributed by atoms with Crippen LogP contribution in [0.4, 0.5) is 0 Å². The van der Waals surface area contributed by atoms with Crippen molar-refractivity contribution in [3.8, 4) is 5.75 Å². The van der Waals surface area contributed by atoms with Crippen LogP contribution in [0.3, 0.4) is 0 Å². The van der Waals surface area contributed by atoms with Crippen molar-refractivity contribution in [3.05, 3.63) is 64.2 Å². The molecule has 0 aliphatic carbocycles. The van der Waals surface area contributed by atoms with E-state index in [1.54, 1.807) is 24.3 Å². The van der Waals surface area contributed by atoms with Crippen molar-refractivity contribution in [3.63, 3.8) is 0 Å². The van der Waals surface area contributed by atoms with Crippen LogP contribution in [-0.2, 0) is 0 Å². The molecule has 3 heteroatoms. The van der Waals surface area contributed by atoms with Gasteiger partial charge in [-0.15, -0.1) is 0 Å². The number of hydrogen-bond acceptors (Lipinski definition) is 2. The molecule has 2 aromatic rings. The van der Waals surface area contributed by atoms with Crippen LogP contribution in [-0.4, -0.2) is 12.4 Å². The third-order valence-corrected chi connectivity index (χ3v) is 3.21. The molecule has 0 saturated carbocycles. The van der Waals surface area contributed by atoms with E-state index in [0.29, 0.717) is 10.6 Å². The largest absolute Gasteiger partial charge is 0.485 e. The highest BCUT2D eigenvalue weighted by atomic mass is 35.5. The highest BCUT2D eigenvalue weighted by Gasteiger charge is 2.11. The Morgan fingerprint density at radius 2 is 1.89 bits per heavy atom. The second-order valence-corrected chi connectivity index (χ2v) is 4.87. The van der Waals surface area contributed by atoms with Crippen molar-refractivity contribution in [2.24, 2.45) is 0 Å². The van der Waals surface area contributed by atoms with Crippen LogP contribution in [0.1, 0.15) is 21.5 Å². The van der Waals surface area contributed by atoms with Gasteiger partial charge in [-0.1, -0.05) is 35.9 Å². The molecule has 98 valence electrons. The fourth-order valence-electron chi connectivity index (χ4n) is 1.77. The van der Waals surface area contributed by atoms with Gasteiger partial charge < -0.3 is 4.74 Å². The lowest BCUT2D eigenvalue weighted by atomic mass is 10.1. The molecule has 0 amide bonds. The smallest absolute Gasteiger partial charge is 0.201 e. The fourth-order valence-corrected chi connectivity index (χ4v) is 2.01. The van der Waals surface area contributed by atoms with Crippen LogP contribution in [0.2, 0.25) is 5.02 Å². The highest BCUT2D eigenvalue weighted by molar-refractivity contribution is 6.34. The van der Waals surface area contributed by atoms with Crippen LogP contribution < -0.4 is 4.74 Å². The molecule has 0 saturated heterocycles. The zero-order chi connectivity index (χ0) is 13.8. The lowest BCUT2D eigenvalue weighted by Crippen LogP contribution is -2.12. The molecule has 0 bridgehead atoms. The Bertz CT molecular complexity index is 605. The van der Waals surface area contributed by atoms with E-state index < -0.39 is 0 Å². The van der Waals surface area contributed by atoms with Crippen molar-refractivity contribution in [1.29, 1.82) is 0 Å². The summed E-state index contributed by atoms with van der Waals surface area (Å²) >= 11 is 5.98. The highest BCUT2D eigenvalue weighted by Crippen LogP contribution is 2.20. The Morgan fingerprint density at radius 1 is 1.16 bits per heavy atom. The summed E-state index contributed by atoms with van der Waals surface area (Å²) in [5, 5.41) is 0.456. The topological polar surface area (TPSA) is 26.3 Å². The Balaban J connectivity index is 2.09. The third-order valence-electron chi connectivity index (χ3n) is 2.88. The Morgan fingerprint density at radius 3 is 2.63 bits per heavy atom. The van der Waals surface area contributed by atoms with Gasteiger partial charge in [0.25, 0.3) is 0 Å². The lowest BCUT2D eigenvalue weighted by Gasteiger charge is -2.10. The van der Waals surface area contributed by atoms with E-state index in [1.165, 1.54) is 0 Å². The Kier molecular flexibility index (Phi) is 4.23. The molecule has 2 aromatic carbocycles. The molecule has 19 heavy (non-hydrogen) atoms. The van der Waals surface area contributed by atoms with Crippen molar-refractivity contribution in [1.82, 2.24) is 0 Å². The van der Waals surface area contributed by atoms with Gasteiger partial charge in [0.1, 0.15) is 5.75 Å². The monoisotopic (exact) mass is 274 g/mol. The zero-order valence-corrected chi connectivity index (χ0v) is 11.7. The standard InChI is InChI=1S/C16H15ClO2/c1-11-7-8-12(2)16(9-11)19-10-15(18)13-5-3-4-6-14(13)17/h3-9H,10H2,1-2H3. The predicted octanol–water partition coefficient (Wildman–Crippen LogP) is 4.22. The van der Waals surface area contributed by atoms with Gasteiger partial charge in [0, 0.05) is 5.56 Å². The number of carbonyl (C=O) groups is 1. The van der Waals surface area contributed by atoms with Crippen LogP contribution in [0.15, 0.2) is 42.5 Å². The first-order valence-electron chi connectivity index (χ1n) is 6.05. The molecule has 0 aromatic heterocycles. The minimum Gasteiger partial charge on any atom is -0.485 e. The second-order valence-electron chi connectivity index (χ2n) is 4.46. The average molecular weight is 275 g/mol. The molecule has 0 spiro atoms. The normalized spacial score (nSPS) is 10.3. The van der Waals surface area contributed by atoms with Gasteiger partial charge in [-0.25, -0.2) is 0 Å². The van der Waals surface area contributed by atoms with E-state index in [4.69, 9.17) is 16.3 Å². The van der Waals surface area contributed by atoms with Crippen LogP contribution in [0.5, 0.6) is 5.75 Å². The molecule has 0 fully saturated rings. The number of ether oxygens (including phenoxy) is 1. The number of aryl methyl sites for hydroxylation is 2. The summed E-state index contributed by atoms with van der Waals surface area (Å²) in [6.07, 6.45) is 0. The van der Waals surface area contributed by atoms with E-state index in [1.807, 2.05) is 32.0 Å². The number of Topliss-reactive ketones (excluding diaryl/α,β-unsaturated/α-hetero) is 1. The summed E-state index contributed by atoms with van der Waals surface area (Å²) in [6, 6.07) is 12.9. The SMILES string of the molecule is Cc1ccc(C)c(OCC(=O)c2ccccc2Cl)c1. The number of halogens is 1. The van der Waals surface area contributed by atoms with E-state index in [0.717, 1.165) is 16.9 Å². The summed E-state index contributed by atoms with van der Waals surface area (Å²) in [7, 11) is 0. The maximum absolute atomic E-state index is 12.0. The molecule has 0 heterocycles. The maximum atomic E-state index is 12.0. The van der Waals surface area contributed by atoms with Gasteiger partial charge in [-0.05, 0) is 43.2 Å². The summed E-state index contributed by atoms with van der Waals surface area (Å²) in [6.45, 7) is 3.94. The second kappa shape index (κ2) is 5.89. The molecule has 0 atom stereocenters. The molecule has 0 N–H and O–H groups in total. The molecular weight excluding hydrogens is 260 g/mol. The van der Waals surface area contributed by atoms with Gasteiger partial charge in [-0.2, -0.15) is 0 Å². The van der Waals surface area contributed by atoms with Crippen molar-refractivity contribution >= 4 is 17.4 Å². The Labute approximate surface area is 118 Å². The van der Waals surface area contributed by atoms with Crippen LogP contribution in [0, 0.1) is 13.8 Å². The third kappa shape index (κ3) is 3.36. The number of rotatable bonds is 4. The molecule has 2 rings (SSSR count). The number of ketones is 1. The van der Waals surface area contributed by atoms with E-state index in [-0.39, 0.29) is 12.4 Å². The lowest BCUT2D eigenvalue weighted by molar-refractivity contribution is 0.0921. The fraction of sp³-hybridized carbons (Fsp3) is 0.188. The van der Waals surface area contributed by atoms with Crippen molar-refractivity contribution < 1.29 is 9.53 Å². The van der Waals surface area contributed by atoms with Gasteiger partial charge in [0.2, 0.25) is 5.78 Å². The summed E-state index contributed by atoms with van der Waals surface area (Å²) in [4.78, 5) is 12.0. The molecule has 0 radical (unpaired) electrons. The number of benzene rings is 2. The van der Waals surface area contributed by atoms with E-state index >= 15 is 0 Å². The number of hydrogen-bond donors (Lipinski definition) is 0. The van der Waals surface area contributed by atoms with Crippen molar-refractivity contribution in [2.45, 2.75) is 13.8 Å². The van der Waals surface area contributed by atoms with Gasteiger partial charge in [-0.3, -0.25) is 4.79 Å². The quantitative estimate of drug-likeness (QED) is 0.781. The predicted molar refractivity (Wildman–Crippen MR) is 77.2 cm³/mol. The first-order valence-corrected chi connectivity index (χ1v) is 6.43. The summed E-state index contributed by atoms with van der Waals surface area (Å²) in [5.41, 5.74) is 2.61. The van der Waals surface area contributed by atoms with E-state index in [2.05, 4.69) is 0 Å². The van der Waals surface area contributed by atoms with Gasteiger partial charge in [0.05, 0.1) is 5.02 Å². The summed E-state index contributed by atoms with van der Waals surface area (Å²) in [5.74, 6) is 0.618. The number of carbonyl (C=O) groups excluding carboxylic acids is 1. The van der Waals surface area contributed by atoms with Crippen molar-refractivity contribution in [2.75, 3.05) is 6.61 Å². The molecule has 0 aliphatic heterocycles. The summed E-state index contributed by atoms with van der Waals surface area (Å²) < 4.78 is 5.58. The molecule has 2 nitrogen and oxygen atoms in total. The Hall–Kier alpha value is -1.80. The minimum atomic E-state index is -0.119. The maximum Gasteiger partial charge on any atom is 0.201 e. The zero-order valence-electron chi connectivity index (χ0n) is 10.9. The van der Waals surface area contributed by atoms with Gasteiger partial charge in [0.15, 0.2) is 6.61 Å². The average Bonchev–Trinajstić information content (AvgIpc) is 2.40. The molecular formula is C16H15ClO2. The van der Waals surface area contributed by atoms with Crippen LogP contribution >= 0.6 is 11.6 Å². The van der Waals surface area contributed by atoms with E-state index in [9.17, 15) is 4.79 Å². The minimum absolute atomic E-state index is 0.00593. The van der Waals surface area contributed by atoms with Gasteiger partial charge >= 0.3 is 0 Å². The molecule has 0 aliphatic rings. The first-order chi connectivity index (χ1) is 9.08. The first kappa shape index (κ1) is 13.6.